The zero-order chi connectivity index (χ0) is 18.0. The van der Waals surface area contributed by atoms with Crippen LogP contribution in [0, 0.1) is 0 Å². The molecule has 0 atom stereocenters. The first-order valence-corrected chi connectivity index (χ1v) is 10.0. The van der Waals surface area contributed by atoms with Gasteiger partial charge in [-0.15, -0.1) is 11.3 Å². The summed E-state index contributed by atoms with van der Waals surface area (Å²) < 4.78 is 5.08. The van der Waals surface area contributed by atoms with Crippen LogP contribution in [0.15, 0.2) is 84.9 Å². The van der Waals surface area contributed by atoms with Gasteiger partial charge in [0, 0.05) is 38.8 Å². The topological polar surface area (TPSA) is 4.93 Å². The molecule has 0 amide bonds. The molecule has 0 saturated heterocycles. The van der Waals surface area contributed by atoms with Gasteiger partial charge in [-0.3, -0.25) is 0 Å². The summed E-state index contributed by atoms with van der Waals surface area (Å²) in [6.45, 7) is 0. The normalized spacial score (nSPS) is 11.9. The van der Waals surface area contributed by atoms with Gasteiger partial charge in [-0.05, 0) is 23.3 Å². The summed E-state index contributed by atoms with van der Waals surface area (Å²) in [6, 6.07) is 30.7. The fraction of sp³-hybridized carbons (Fsp3) is 0.0400. The number of thiophene rings is 1. The van der Waals surface area contributed by atoms with Crippen LogP contribution in [0.2, 0.25) is 0 Å². The largest absolute Gasteiger partial charge is 0.342 e. The van der Waals surface area contributed by atoms with E-state index in [4.69, 9.17) is 0 Å². The molecule has 0 bridgehead atoms. The highest BCUT2D eigenvalue weighted by molar-refractivity contribution is 7.26. The van der Waals surface area contributed by atoms with E-state index in [0.717, 1.165) is 0 Å². The van der Waals surface area contributed by atoms with Crippen molar-refractivity contribution in [1.82, 2.24) is 4.57 Å². The van der Waals surface area contributed by atoms with Crippen molar-refractivity contribution in [1.29, 1.82) is 0 Å². The second-order valence-electron chi connectivity index (χ2n) is 7.06. The van der Waals surface area contributed by atoms with Gasteiger partial charge in [0.2, 0.25) is 0 Å². The van der Waals surface area contributed by atoms with E-state index in [0.29, 0.717) is 0 Å². The van der Waals surface area contributed by atoms with Crippen LogP contribution in [0.1, 0.15) is 0 Å². The average Bonchev–Trinajstić information content (AvgIpc) is 3.25. The SMILES string of the molecule is Cn1c2ccccc2c2ccc3c(sc4cccc(-c5ccccc5)c43)c21. The third-order valence-corrected chi connectivity index (χ3v) is 6.79. The lowest BCUT2D eigenvalue weighted by atomic mass is 9.99. The number of aromatic nitrogens is 1. The maximum absolute atomic E-state index is 2.35. The van der Waals surface area contributed by atoms with E-state index < -0.39 is 0 Å². The molecule has 27 heavy (non-hydrogen) atoms. The number of nitrogens with zero attached hydrogens (tertiary/aromatic N) is 1. The molecule has 4 aromatic carbocycles. The first kappa shape index (κ1) is 15.0. The Kier molecular flexibility index (Phi) is 3.03. The second kappa shape index (κ2) is 5.45. The molecule has 2 heterocycles. The van der Waals surface area contributed by atoms with Gasteiger partial charge < -0.3 is 4.57 Å². The molecule has 0 aliphatic rings. The van der Waals surface area contributed by atoms with Gasteiger partial charge in [0.15, 0.2) is 0 Å². The molecule has 0 fully saturated rings. The lowest BCUT2D eigenvalue weighted by Gasteiger charge is -2.05. The van der Waals surface area contributed by atoms with Gasteiger partial charge in [0.1, 0.15) is 0 Å². The predicted octanol–water partition coefficient (Wildman–Crippen LogP) is 7.37. The highest BCUT2D eigenvalue weighted by Crippen LogP contribution is 2.44. The van der Waals surface area contributed by atoms with E-state index in [9.17, 15) is 0 Å². The van der Waals surface area contributed by atoms with Gasteiger partial charge >= 0.3 is 0 Å². The first-order valence-electron chi connectivity index (χ1n) is 9.20. The Bertz CT molecular complexity index is 1470. The first-order chi connectivity index (χ1) is 13.3. The van der Waals surface area contributed by atoms with Crippen molar-refractivity contribution in [2.75, 3.05) is 0 Å². The lowest BCUT2D eigenvalue weighted by molar-refractivity contribution is 1.02. The van der Waals surface area contributed by atoms with Crippen LogP contribution in [0.5, 0.6) is 0 Å². The summed E-state index contributed by atoms with van der Waals surface area (Å²) in [6.07, 6.45) is 0. The molecule has 6 rings (SSSR count). The highest BCUT2D eigenvalue weighted by Gasteiger charge is 2.16. The second-order valence-corrected chi connectivity index (χ2v) is 8.11. The molecule has 0 saturated carbocycles. The van der Waals surface area contributed by atoms with Gasteiger partial charge in [0.05, 0.1) is 10.2 Å². The van der Waals surface area contributed by atoms with E-state index in [1.165, 1.54) is 53.1 Å². The molecule has 0 spiro atoms. The number of benzene rings is 4. The summed E-state index contributed by atoms with van der Waals surface area (Å²) in [7, 11) is 2.19. The van der Waals surface area contributed by atoms with Crippen LogP contribution < -0.4 is 0 Å². The van der Waals surface area contributed by atoms with Crippen LogP contribution >= 0.6 is 11.3 Å². The zero-order valence-corrected chi connectivity index (χ0v) is 15.8. The molecular formula is C25H17NS. The van der Waals surface area contributed by atoms with Crippen LogP contribution in [0.3, 0.4) is 0 Å². The summed E-state index contributed by atoms with van der Waals surface area (Å²) in [5.74, 6) is 0. The number of para-hydroxylation sites is 1. The number of hydrogen-bond donors (Lipinski definition) is 0. The van der Waals surface area contributed by atoms with Crippen molar-refractivity contribution in [3.8, 4) is 11.1 Å². The number of aryl methyl sites for hydroxylation is 1. The lowest BCUT2D eigenvalue weighted by Crippen LogP contribution is -1.86. The van der Waals surface area contributed by atoms with Crippen molar-refractivity contribution in [2.24, 2.45) is 7.05 Å². The Labute approximate surface area is 161 Å². The summed E-state index contributed by atoms with van der Waals surface area (Å²) in [4.78, 5) is 0. The van der Waals surface area contributed by atoms with E-state index in [1.54, 1.807) is 0 Å². The maximum Gasteiger partial charge on any atom is 0.0670 e. The van der Waals surface area contributed by atoms with Gasteiger partial charge in [-0.2, -0.15) is 0 Å². The minimum Gasteiger partial charge on any atom is -0.342 e. The Hall–Kier alpha value is -3.10. The van der Waals surface area contributed by atoms with Crippen LogP contribution in [-0.2, 0) is 7.05 Å². The molecular weight excluding hydrogens is 346 g/mol. The molecule has 0 N–H and O–H groups in total. The Morgan fingerprint density at radius 1 is 0.667 bits per heavy atom. The zero-order valence-electron chi connectivity index (χ0n) is 14.9. The minimum atomic E-state index is 1.28. The van der Waals surface area contributed by atoms with Crippen LogP contribution in [0.25, 0.3) is 53.1 Å². The maximum atomic E-state index is 2.35. The third-order valence-electron chi connectivity index (χ3n) is 5.61. The Morgan fingerprint density at radius 3 is 2.33 bits per heavy atom. The van der Waals surface area contributed by atoms with Crippen LogP contribution in [-0.4, -0.2) is 4.57 Å². The van der Waals surface area contributed by atoms with Crippen molar-refractivity contribution in [3.05, 3.63) is 84.9 Å². The molecule has 128 valence electrons. The summed E-state index contributed by atoms with van der Waals surface area (Å²) >= 11 is 1.91. The van der Waals surface area contributed by atoms with Gasteiger partial charge in [-0.1, -0.05) is 72.8 Å². The van der Waals surface area contributed by atoms with E-state index in [2.05, 4.69) is 96.5 Å². The van der Waals surface area contributed by atoms with Crippen molar-refractivity contribution in [2.45, 2.75) is 0 Å². The molecule has 0 unspecified atom stereocenters. The minimum absolute atomic E-state index is 1.28. The van der Waals surface area contributed by atoms with Crippen molar-refractivity contribution in [3.63, 3.8) is 0 Å². The van der Waals surface area contributed by atoms with Gasteiger partial charge in [0.25, 0.3) is 0 Å². The highest BCUT2D eigenvalue weighted by atomic mass is 32.1. The predicted molar refractivity (Wildman–Crippen MR) is 119 cm³/mol. The van der Waals surface area contributed by atoms with E-state index in [-0.39, 0.29) is 0 Å². The standard InChI is InChI=1S/C25H17NS/c1-26-21-12-6-5-10-18(21)19-14-15-20-23-17(16-8-3-2-4-9-16)11-7-13-22(23)27-25(20)24(19)26/h2-15H,1H3. The van der Waals surface area contributed by atoms with Crippen LogP contribution in [0.4, 0.5) is 0 Å². The van der Waals surface area contributed by atoms with Gasteiger partial charge in [-0.25, -0.2) is 0 Å². The molecule has 0 aliphatic carbocycles. The van der Waals surface area contributed by atoms with E-state index in [1.807, 2.05) is 11.3 Å². The summed E-state index contributed by atoms with van der Waals surface area (Å²) in [5, 5.41) is 5.40. The third kappa shape index (κ3) is 1.99. The average molecular weight is 363 g/mol. The smallest absolute Gasteiger partial charge is 0.0670 e. The molecule has 2 heteroatoms. The van der Waals surface area contributed by atoms with Crippen molar-refractivity contribution >= 4 is 53.3 Å². The molecule has 6 aromatic rings. The molecule has 1 nitrogen and oxygen atoms in total. The quantitative estimate of drug-likeness (QED) is 0.287. The Morgan fingerprint density at radius 2 is 1.44 bits per heavy atom. The Balaban J connectivity index is 1.82. The fourth-order valence-electron chi connectivity index (χ4n) is 4.40. The number of rotatable bonds is 1. The fourth-order valence-corrected chi connectivity index (χ4v) is 5.71. The van der Waals surface area contributed by atoms with Crippen molar-refractivity contribution < 1.29 is 0 Å². The number of hydrogen-bond acceptors (Lipinski definition) is 1. The molecule has 0 aliphatic heterocycles. The molecule has 2 aromatic heterocycles. The van der Waals surface area contributed by atoms with E-state index >= 15 is 0 Å². The number of fused-ring (bicyclic) bond motifs is 7. The molecule has 0 radical (unpaired) electrons. The summed E-state index contributed by atoms with van der Waals surface area (Å²) in [5.41, 5.74) is 5.23. The monoisotopic (exact) mass is 363 g/mol.